The van der Waals surface area contributed by atoms with Crippen molar-refractivity contribution in [3.05, 3.63) is 131 Å². The SMILES string of the molecule is CC[C@]1(Cc2ccccc2)C(=O)N(Cc2ccc(OC)cc2)[C@@H](Cc2ccccc2)C(=O)N1Cc1ccc(OC)cc1. The van der Waals surface area contributed by atoms with Gasteiger partial charge in [-0.15, -0.1) is 0 Å². The van der Waals surface area contributed by atoms with Crippen LogP contribution >= 0.6 is 0 Å². The van der Waals surface area contributed by atoms with E-state index in [1.54, 1.807) is 14.2 Å². The molecular weight excluding hydrogens is 524 g/mol. The molecule has 1 heterocycles. The summed E-state index contributed by atoms with van der Waals surface area (Å²) in [4.78, 5) is 33.4. The van der Waals surface area contributed by atoms with Crippen LogP contribution in [0.5, 0.6) is 11.5 Å². The molecule has 0 aromatic heterocycles. The van der Waals surface area contributed by atoms with Crippen molar-refractivity contribution < 1.29 is 19.1 Å². The van der Waals surface area contributed by atoms with Gasteiger partial charge in [0, 0.05) is 25.9 Å². The van der Waals surface area contributed by atoms with Gasteiger partial charge in [-0.3, -0.25) is 9.59 Å². The van der Waals surface area contributed by atoms with Crippen molar-refractivity contribution >= 4 is 11.8 Å². The van der Waals surface area contributed by atoms with Gasteiger partial charge in [0.2, 0.25) is 11.8 Å². The van der Waals surface area contributed by atoms with Crippen LogP contribution in [0.2, 0.25) is 0 Å². The number of methoxy groups -OCH3 is 2. The molecule has 0 unspecified atom stereocenters. The number of nitrogens with zero attached hydrogens (tertiary/aromatic N) is 2. The number of ether oxygens (including phenoxy) is 2. The van der Waals surface area contributed by atoms with E-state index in [9.17, 15) is 9.59 Å². The molecule has 4 aromatic carbocycles. The van der Waals surface area contributed by atoms with E-state index >= 15 is 0 Å². The maximum absolute atomic E-state index is 14.9. The summed E-state index contributed by atoms with van der Waals surface area (Å²) >= 11 is 0. The van der Waals surface area contributed by atoms with Gasteiger partial charge in [0.15, 0.2) is 0 Å². The number of rotatable bonds is 11. The smallest absolute Gasteiger partial charge is 0.249 e. The minimum atomic E-state index is -1.04. The maximum Gasteiger partial charge on any atom is 0.249 e. The highest BCUT2D eigenvalue weighted by Gasteiger charge is 2.55. The van der Waals surface area contributed by atoms with Crippen LogP contribution in [-0.4, -0.2) is 47.4 Å². The van der Waals surface area contributed by atoms with Crippen LogP contribution in [0.1, 0.15) is 35.6 Å². The molecule has 6 nitrogen and oxygen atoms in total. The Bertz CT molecular complexity index is 1470. The van der Waals surface area contributed by atoms with E-state index in [2.05, 4.69) is 0 Å². The molecule has 0 bridgehead atoms. The zero-order valence-corrected chi connectivity index (χ0v) is 24.5. The maximum atomic E-state index is 14.9. The predicted molar refractivity (Wildman–Crippen MR) is 164 cm³/mol. The Labute approximate surface area is 248 Å². The Morgan fingerprint density at radius 1 is 0.643 bits per heavy atom. The number of benzene rings is 4. The minimum Gasteiger partial charge on any atom is -0.497 e. The molecule has 216 valence electrons. The fourth-order valence-electron chi connectivity index (χ4n) is 5.91. The predicted octanol–water partition coefficient (Wildman–Crippen LogP) is 6.08. The monoisotopic (exact) mass is 562 g/mol. The normalized spacial score (nSPS) is 18.7. The average Bonchev–Trinajstić information content (AvgIpc) is 3.04. The van der Waals surface area contributed by atoms with E-state index in [-0.39, 0.29) is 11.8 Å². The Morgan fingerprint density at radius 3 is 1.64 bits per heavy atom. The van der Waals surface area contributed by atoms with E-state index in [0.29, 0.717) is 32.4 Å². The third-order valence-electron chi connectivity index (χ3n) is 8.31. The summed E-state index contributed by atoms with van der Waals surface area (Å²) in [6, 6.07) is 34.7. The largest absolute Gasteiger partial charge is 0.497 e. The number of carbonyl (C=O) groups is 2. The van der Waals surface area contributed by atoms with Gasteiger partial charge < -0.3 is 19.3 Å². The highest BCUT2D eigenvalue weighted by Crippen LogP contribution is 2.37. The number of hydrogen-bond donors (Lipinski definition) is 0. The summed E-state index contributed by atoms with van der Waals surface area (Å²) in [6.45, 7) is 2.67. The quantitative estimate of drug-likeness (QED) is 0.222. The number of hydrogen-bond acceptors (Lipinski definition) is 4. The van der Waals surface area contributed by atoms with Crippen LogP contribution in [0, 0.1) is 0 Å². The first-order chi connectivity index (χ1) is 20.5. The van der Waals surface area contributed by atoms with Crippen LogP contribution in [0.25, 0.3) is 0 Å². The Hall–Kier alpha value is -4.58. The van der Waals surface area contributed by atoms with Crippen molar-refractivity contribution in [1.82, 2.24) is 9.80 Å². The lowest BCUT2D eigenvalue weighted by molar-refractivity contribution is -0.173. The topological polar surface area (TPSA) is 59.1 Å². The molecule has 0 aliphatic carbocycles. The van der Waals surface area contributed by atoms with E-state index in [1.165, 1.54) is 0 Å². The molecule has 1 saturated heterocycles. The summed E-state index contributed by atoms with van der Waals surface area (Å²) in [6.07, 6.45) is 1.36. The molecule has 5 rings (SSSR count). The van der Waals surface area contributed by atoms with Crippen LogP contribution in [-0.2, 0) is 35.5 Å². The zero-order chi connectivity index (χ0) is 29.5. The standard InChI is InChI=1S/C36H38N2O4/c1-4-36(24-28-13-9-6-10-14-28)35(40)37(25-29-15-19-31(41-2)20-16-29)33(23-27-11-7-5-8-12-27)34(39)38(36)26-30-17-21-32(42-3)22-18-30/h5-22,33H,4,23-26H2,1-3H3/t33-,36-/m0/s1. The first kappa shape index (κ1) is 28.9. The van der Waals surface area contributed by atoms with Crippen LogP contribution in [0.3, 0.4) is 0 Å². The minimum absolute atomic E-state index is 0.0290. The molecule has 0 spiro atoms. The van der Waals surface area contributed by atoms with Crippen LogP contribution < -0.4 is 9.47 Å². The van der Waals surface area contributed by atoms with E-state index in [0.717, 1.165) is 33.8 Å². The second kappa shape index (κ2) is 12.9. The molecule has 2 atom stereocenters. The first-order valence-electron chi connectivity index (χ1n) is 14.4. The molecule has 0 radical (unpaired) electrons. The van der Waals surface area contributed by atoms with Crippen molar-refractivity contribution in [2.45, 2.75) is 50.9 Å². The molecule has 1 aliphatic rings. The fraction of sp³-hybridized carbons (Fsp3) is 0.278. The molecular formula is C36H38N2O4. The van der Waals surface area contributed by atoms with E-state index < -0.39 is 11.6 Å². The Kier molecular flexibility index (Phi) is 8.91. The molecule has 1 fully saturated rings. The van der Waals surface area contributed by atoms with E-state index in [1.807, 2.05) is 126 Å². The van der Waals surface area contributed by atoms with Crippen LogP contribution in [0.4, 0.5) is 0 Å². The molecule has 6 heteroatoms. The third kappa shape index (κ3) is 6.03. The van der Waals surface area contributed by atoms with Gasteiger partial charge in [-0.25, -0.2) is 0 Å². The van der Waals surface area contributed by atoms with Gasteiger partial charge >= 0.3 is 0 Å². The van der Waals surface area contributed by atoms with Crippen molar-refractivity contribution in [3.63, 3.8) is 0 Å². The summed E-state index contributed by atoms with van der Waals surface area (Å²) in [5.41, 5.74) is 2.89. The lowest BCUT2D eigenvalue weighted by Gasteiger charge is -2.52. The summed E-state index contributed by atoms with van der Waals surface area (Å²) < 4.78 is 10.7. The van der Waals surface area contributed by atoms with E-state index in [4.69, 9.17) is 9.47 Å². The molecule has 4 aromatic rings. The van der Waals surface area contributed by atoms with Crippen molar-refractivity contribution in [2.75, 3.05) is 14.2 Å². The summed E-state index contributed by atoms with van der Waals surface area (Å²) in [5.74, 6) is 1.43. The van der Waals surface area contributed by atoms with Crippen molar-refractivity contribution in [3.8, 4) is 11.5 Å². The lowest BCUT2D eigenvalue weighted by Crippen LogP contribution is -2.72. The van der Waals surface area contributed by atoms with Gasteiger partial charge in [0.1, 0.15) is 23.1 Å². The van der Waals surface area contributed by atoms with Crippen molar-refractivity contribution in [1.29, 1.82) is 0 Å². The van der Waals surface area contributed by atoms with Crippen molar-refractivity contribution in [2.24, 2.45) is 0 Å². The molecule has 0 N–H and O–H groups in total. The van der Waals surface area contributed by atoms with Gasteiger partial charge in [0.25, 0.3) is 0 Å². The molecule has 1 aliphatic heterocycles. The Balaban J connectivity index is 1.60. The number of carbonyl (C=O) groups excluding carboxylic acids is 2. The van der Waals surface area contributed by atoms with Crippen LogP contribution in [0.15, 0.2) is 109 Å². The van der Waals surface area contributed by atoms with Gasteiger partial charge in [-0.2, -0.15) is 0 Å². The first-order valence-corrected chi connectivity index (χ1v) is 14.4. The van der Waals surface area contributed by atoms with Gasteiger partial charge in [-0.1, -0.05) is 91.9 Å². The molecule has 42 heavy (non-hydrogen) atoms. The second-order valence-corrected chi connectivity index (χ2v) is 10.8. The summed E-state index contributed by atoms with van der Waals surface area (Å²) in [7, 11) is 3.27. The second-order valence-electron chi connectivity index (χ2n) is 10.8. The molecule has 0 saturated carbocycles. The highest BCUT2D eigenvalue weighted by molar-refractivity contribution is 6.00. The number of piperazine rings is 1. The lowest BCUT2D eigenvalue weighted by atomic mass is 9.80. The number of amides is 2. The fourth-order valence-corrected chi connectivity index (χ4v) is 5.91. The Morgan fingerprint density at radius 2 is 1.14 bits per heavy atom. The highest BCUT2D eigenvalue weighted by atomic mass is 16.5. The molecule has 2 amide bonds. The summed E-state index contributed by atoms with van der Waals surface area (Å²) in [5, 5.41) is 0. The van der Waals surface area contributed by atoms with Gasteiger partial charge in [0.05, 0.1) is 14.2 Å². The average molecular weight is 563 g/mol. The zero-order valence-electron chi connectivity index (χ0n) is 24.5. The van der Waals surface area contributed by atoms with Gasteiger partial charge in [-0.05, 0) is 52.9 Å². The third-order valence-corrected chi connectivity index (χ3v) is 8.31.